The molecule has 3 heteroatoms. The summed E-state index contributed by atoms with van der Waals surface area (Å²) in [6.07, 6.45) is 0. The van der Waals surface area contributed by atoms with E-state index in [0.29, 0.717) is 5.92 Å². The van der Waals surface area contributed by atoms with Crippen LogP contribution in [-0.2, 0) is 6.54 Å². The summed E-state index contributed by atoms with van der Waals surface area (Å²) < 4.78 is 1.15. The van der Waals surface area contributed by atoms with Crippen LogP contribution in [-0.4, -0.2) is 0 Å². The van der Waals surface area contributed by atoms with Crippen LogP contribution in [0.3, 0.4) is 0 Å². The van der Waals surface area contributed by atoms with Gasteiger partial charge in [-0.3, -0.25) is 0 Å². The number of nitrogens with one attached hydrogen (secondary N) is 1. The number of anilines is 2. The van der Waals surface area contributed by atoms with Crippen LogP contribution in [0.4, 0.5) is 11.4 Å². The maximum Gasteiger partial charge on any atom is 0.0480 e. The Morgan fingerprint density at radius 3 is 2.37 bits per heavy atom. The first-order valence-electron chi connectivity index (χ1n) is 6.44. The van der Waals surface area contributed by atoms with Crippen LogP contribution < -0.4 is 11.1 Å². The Hall–Kier alpha value is -1.23. The SMILES string of the molecule is CC(C)c1ccc(CNc2ccc(N)cc2I)cc1. The van der Waals surface area contributed by atoms with Gasteiger partial charge < -0.3 is 11.1 Å². The van der Waals surface area contributed by atoms with E-state index < -0.39 is 0 Å². The fourth-order valence-corrected chi connectivity index (χ4v) is 2.62. The molecule has 0 heterocycles. The number of benzene rings is 2. The van der Waals surface area contributed by atoms with E-state index in [2.05, 4.69) is 66.0 Å². The molecule has 0 spiro atoms. The van der Waals surface area contributed by atoms with Gasteiger partial charge in [0, 0.05) is 21.5 Å². The summed E-state index contributed by atoms with van der Waals surface area (Å²) in [6, 6.07) is 14.7. The van der Waals surface area contributed by atoms with E-state index in [0.717, 1.165) is 21.5 Å². The van der Waals surface area contributed by atoms with Gasteiger partial charge in [0.15, 0.2) is 0 Å². The smallest absolute Gasteiger partial charge is 0.0480 e. The van der Waals surface area contributed by atoms with Gasteiger partial charge in [0.25, 0.3) is 0 Å². The molecule has 3 N–H and O–H groups in total. The first kappa shape index (κ1) is 14.2. The van der Waals surface area contributed by atoms with E-state index in [1.54, 1.807) is 0 Å². The van der Waals surface area contributed by atoms with E-state index in [9.17, 15) is 0 Å². The highest BCUT2D eigenvalue weighted by Crippen LogP contribution is 2.22. The molecule has 0 aliphatic rings. The number of hydrogen-bond acceptors (Lipinski definition) is 2. The van der Waals surface area contributed by atoms with Crippen LogP contribution in [0.1, 0.15) is 30.9 Å². The monoisotopic (exact) mass is 366 g/mol. The third kappa shape index (κ3) is 3.86. The normalized spacial score (nSPS) is 10.7. The lowest BCUT2D eigenvalue weighted by Gasteiger charge is -2.10. The molecule has 2 nitrogen and oxygen atoms in total. The lowest BCUT2D eigenvalue weighted by molar-refractivity contribution is 0.865. The van der Waals surface area contributed by atoms with Crippen LogP contribution >= 0.6 is 22.6 Å². The second-order valence-electron chi connectivity index (χ2n) is 4.99. The van der Waals surface area contributed by atoms with E-state index in [-0.39, 0.29) is 0 Å². The standard InChI is InChI=1S/C16H19IN2/c1-11(2)13-5-3-12(4-6-13)10-19-16-8-7-14(18)9-15(16)17/h3-9,11,19H,10,18H2,1-2H3. The number of nitrogens with two attached hydrogens (primary N) is 1. The van der Waals surface area contributed by atoms with Crippen molar-refractivity contribution in [2.45, 2.75) is 26.3 Å². The Kier molecular flexibility index (Phi) is 4.69. The third-order valence-electron chi connectivity index (χ3n) is 3.12. The van der Waals surface area contributed by atoms with Gasteiger partial charge >= 0.3 is 0 Å². The lowest BCUT2D eigenvalue weighted by Crippen LogP contribution is -2.01. The first-order valence-corrected chi connectivity index (χ1v) is 7.52. The van der Waals surface area contributed by atoms with E-state index in [1.807, 2.05) is 18.2 Å². The number of nitrogen functional groups attached to an aromatic ring is 1. The summed E-state index contributed by atoms with van der Waals surface area (Å²) in [5, 5.41) is 3.44. The maximum absolute atomic E-state index is 5.75. The van der Waals surface area contributed by atoms with Gasteiger partial charge in [0.1, 0.15) is 0 Å². The molecule has 0 saturated heterocycles. The number of halogens is 1. The molecule has 19 heavy (non-hydrogen) atoms. The van der Waals surface area contributed by atoms with Crippen LogP contribution in [0.25, 0.3) is 0 Å². The zero-order valence-electron chi connectivity index (χ0n) is 11.3. The molecule has 2 aromatic rings. The van der Waals surface area contributed by atoms with Crippen molar-refractivity contribution in [3.8, 4) is 0 Å². The van der Waals surface area contributed by atoms with Crippen molar-refractivity contribution < 1.29 is 0 Å². The number of hydrogen-bond donors (Lipinski definition) is 2. The predicted octanol–water partition coefficient (Wildman–Crippen LogP) is 4.61. The highest BCUT2D eigenvalue weighted by Gasteiger charge is 2.01. The maximum atomic E-state index is 5.75. The molecular weight excluding hydrogens is 347 g/mol. The summed E-state index contributed by atoms with van der Waals surface area (Å²) in [5.74, 6) is 0.583. The fraction of sp³-hybridized carbons (Fsp3) is 0.250. The highest BCUT2D eigenvalue weighted by molar-refractivity contribution is 14.1. The molecule has 2 aromatic carbocycles. The Balaban J connectivity index is 2.02. The van der Waals surface area contributed by atoms with Crippen molar-refractivity contribution in [1.82, 2.24) is 0 Å². The Morgan fingerprint density at radius 1 is 1.11 bits per heavy atom. The van der Waals surface area contributed by atoms with Crippen LogP contribution in [0, 0.1) is 3.57 Å². The molecule has 0 bridgehead atoms. The quantitative estimate of drug-likeness (QED) is 0.613. The van der Waals surface area contributed by atoms with Gasteiger partial charge in [-0.1, -0.05) is 38.1 Å². The minimum atomic E-state index is 0.583. The summed E-state index contributed by atoms with van der Waals surface area (Å²) >= 11 is 2.30. The van der Waals surface area contributed by atoms with Crippen LogP contribution in [0.15, 0.2) is 42.5 Å². The highest BCUT2D eigenvalue weighted by atomic mass is 127. The topological polar surface area (TPSA) is 38.0 Å². The second kappa shape index (κ2) is 6.28. The second-order valence-corrected chi connectivity index (χ2v) is 6.15. The molecule has 0 unspecified atom stereocenters. The first-order chi connectivity index (χ1) is 9.06. The fourth-order valence-electron chi connectivity index (χ4n) is 1.89. The van der Waals surface area contributed by atoms with Gasteiger partial charge in [-0.15, -0.1) is 0 Å². The van der Waals surface area contributed by atoms with Crippen molar-refractivity contribution in [3.05, 3.63) is 57.2 Å². The molecule has 0 saturated carbocycles. The molecule has 0 fully saturated rings. The zero-order chi connectivity index (χ0) is 13.8. The summed E-state index contributed by atoms with van der Waals surface area (Å²) in [4.78, 5) is 0. The van der Waals surface area contributed by atoms with Crippen LogP contribution in [0.5, 0.6) is 0 Å². The van der Waals surface area contributed by atoms with Crippen molar-refractivity contribution in [1.29, 1.82) is 0 Å². The van der Waals surface area contributed by atoms with Gasteiger partial charge in [-0.25, -0.2) is 0 Å². The van der Waals surface area contributed by atoms with Gasteiger partial charge in [-0.05, 0) is 57.8 Å². The number of rotatable bonds is 4. The predicted molar refractivity (Wildman–Crippen MR) is 91.4 cm³/mol. The molecule has 0 amide bonds. The molecular formula is C16H19IN2. The molecule has 100 valence electrons. The van der Waals surface area contributed by atoms with Gasteiger partial charge in [0.2, 0.25) is 0 Å². The lowest BCUT2D eigenvalue weighted by atomic mass is 10.0. The van der Waals surface area contributed by atoms with E-state index >= 15 is 0 Å². The summed E-state index contributed by atoms with van der Waals surface area (Å²) in [7, 11) is 0. The third-order valence-corrected chi connectivity index (χ3v) is 4.01. The van der Waals surface area contributed by atoms with Crippen molar-refractivity contribution in [3.63, 3.8) is 0 Å². The van der Waals surface area contributed by atoms with Gasteiger partial charge in [0.05, 0.1) is 0 Å². The molecule has 0 aliphatic heterocycles. The molecule has 0 aliphatic carbocycles. The minimum absolute atomic E-state index is 0.583. The molecule has 0 aromatic heterocycles. The van der Waals surface area contributed by atoms with Gasteiger partial charge in [-0.2, -0.15) is 0 Å². The van der Waals surface area contributed by atoms with Crippen molar-refractivity contribution in [2.75, 3.05) is 11.1 Å². The van der Waals surface area contributed by atoms with Crippen molar-refractivity contribution >= 4 is 34.0 Å². The Labute approximate surface area is 128 Å². The van der Waals surface area contributed by atoms with Crippen LogP contribution in [0.2, 0.25) is 0 Å². The zero-order valence-corrected chi connectivity index (χ0v) is 13.4. The molecule has 0 atom stereocenters. The Morgan fingerprint density at radius 2 is 1.79 bits per heavy atom. The minimum Gasteiger partial charge on any atom is -0.399 e. The molecule has 2 rings (SSSR count). The average molecular weight is 366 g/mol. The largest absolute Gasteiger partial charge is 0.399 e. The average Bonchev–Trinajstić information content (AvgIpc) is 2.38. The summed E-state index contributed by atoms with van der Waals surface area (Å²) in [5.41, 5.74) is 10.3. The Bertz CT molecular complexity index is 547. The van der Waals surface area contributed by atoms with Crippen molar-refractivity contribution in [2.24, 2.45) is 0 Å². The van der Waals surface area contributed by atoms with E-state index in [1.165, 1.54) is 11.1 Å². The summed E-state index contributed by atoms with van der Waals surface area (Å²) in [6.45, 7) is 5.26. The van der Waals surface area contributed by atoms with E-state index in [4.69, 9.17) is 5.73 Å². The molecule has 0 radical (unpaired) electrons.